The summed E-state index contributed by atoms with van der Waals surface area (Å²) in [4.78, 5) is 4.25. The maximum Gasteiger partial charge on any atom is 0.121 e. The lowest BCUT2D eigenvalue weighted by Gasteiger charge is -2.21. The lowest BCUT2D eigenvalue weighted by Crippen LogP contribution is -2.20. The molecule has 5 heteroatoms. The average Bonchev–Trinajstić information content (AvgIpc) is 2.89. The van der Waals surface area contributed by atoms with Crippen molar-refractivity contribution in [1.82, 2.24) is 9.55 Å². The second-order valence-electron chi connectivity index (χ2n) is 5.09. The molecule has 0 saturated heterocycles. The van der Waals surface area contributed by atoms with Crippen molar-refractivity contribution in [2.45, 2.75) is 19.8 Å². The Labute approximate surface area is 124 Å². The van der Waals surface area contributed by atoms with Gasteiger partial charge in [-0.05, 0) is 18.1 Å². The zero-order valence-corrected chi connectivity index (χ0v) is 12.8. The van der Waals surface area contributed by atoms with Crippen molar-refractivity contribution in [3.63, 3.8) is 0 Å². The summed E-state index contributed by atoms with van der Waals surface area (Å²) in [5.74, 6) is 1.43. The summed E-state index contributed by atoms with van der Waals surface area (Å²) in [5.41, 5.74) is 7.83. The van der Waals surface area contributed by atoms with Gasteiger partial charge in [0, 0.05) is 30.4 Å². The van der Waals surface area contributed by atoms with E-state index in [1.54, 1.807) is 13.4 Å². The number of hydrogen-bond acceptors (Lipinski definition) is 3. The van der Waals surface area contributed by atoms with E-state index < -0.39 is 0 Å². The first-order valence-corrected chi connectivity index (χ1v) is 7.02. The number of benzene rings is 1. The van der Waals surface area contributed by atoms with E-state index in [-0.39, 0.29) is 5.92 Å². The predicted octanol–water partition coefficient (Wildman–Crippen LogP) is 3.23. The molecule has 4 nitrogen and oxygen atoms in total. The Morgan fingerprint density at radius 2 is 2.15 bits per heavy atom. The Kier molecular flexibility index (Phi) is 4.68. The fourth-order valence-electron chi connectivity index (χ4n) is 2.32. The van der Waals surface area contributed by atoms with Crippen molar-refractivity contribution in [3.05, 3.63) is 41.4 Å². The van der Waals surface area contributed by atoms with E-state index in [9.17, 15) is 0 Å². The van der Waals surface area contributed by atoms with Crippen LogP contribution in [0.15, 0.2) is 30.7 Å². The molecule has 1 aromatic heterocycles. The van der Waals surface area contributed by atoms with Gasteiger partial charge in [0.2, 0.25) is 0 Å². The lowest BCUT2D eigenvalue weighted by atomic mass is 9.93. The van der Waals surface area contributed by atoms with Gasteiger partial charge in [0.15, 0.2) is 0 Å². The largest absolute Gasteiger partial charge is 0.497 e. The molecule has 1 unspecified atom stereocenters. The molecule has 0 bridgehead atoms. The Bertz CT molecular complexity index is 580. The van der Waals surface area contributed by atoms with Crippen LogP contribution in [0.3, 0.4) is 0 Å². The van der Waals surface area contributed by atoms with Crippen LogP contribution < -0.4 is 10.5 Å². The van der Waals surface area contributed by atoms with Crippen LogP contribution in [0.5, 0.6) is 5.75 Å². The zero-order chi connectivity index (χ0) is 14.7. The van der Waals surface area contributed by atoms with Gasteiger partial charge < -0.3 is 15.0 Å². The Morgan fingerprint density at radius 3 is 2.75 bits per heavy atom. The van der Waals surface area contributed by atoms with Crippen LogP contribution in [-0.2, 0) is 0 Å². The van der Waals surface area contributed by atoms with Crippen LogP contribution in [0.2, 0.25) is 5.02 Å². The molecule has 2 N–H and O–H groups in total. The third kappa shape index (κ3) is 2.81. The minimum Gasteiger partial charge on any atom is -0.497 e. The highest BCUT2D eigenvalue weighted by molar-refractivity contribution is 6.32. The molecule has 2 aromatic rings. The molecular formula is C15H20ClN3O. The summed E-state index contributed by atoms with van der Waals surface area (Å²) in [7, 11) is 1.64. The fourth-order valence-corrected chi connectivity index (χ4v) is 2.53. The van der Waals surface area contributed by atoms with Gasteiger partial charge in [-0.25, -0.2) is 4.98 Å². The molecule has 0 radical (unpaired) electrons. The monoisotopic (exact) mass is 293 g/mol. The van der Waals surface area contributed by atoms with Crippen molar-refractivity contribution >= 4 is 11.6 Å². The minimum atomic E-state index is 0.236. The van der Waals surface area contributed by atoms with Crippen molar-refractivity contribution in [2.75, 3.05) is 13.7 Å². The number of aromatic nitrogens is 2. The van der Waals surface area contributed by atoms with Gasteiger partial charge in [-0.15, -0.1) is 0 Å². The van der Waals surface area contributed by atoms with Crippen molar-refractivity contribution in [2.24, 2.45) is 11.7 Å². The minimum absolute atomic E-state index is 0.236. The predicted molar refractivity (Wildman–Crippen MR) is 81.8 cm³/mol. The molecule has 0 saturated carbocycles. The van der Waals surface area contributed by atoms with Crippen LogP contribution in [0.1, 0.15) is 25.5 Å². The molecule has 0 aliphatic heterocycles. The quantitative estimate of drug-likeness (QED) is 0.921. The molecule has 0 spiro atoms. The summed E-state index contributed by atoms with van der Waals surface area (Å²) >= 11 is 6.31. The van der Waals surface area contributed by atoms with Gasteiger partial charge in [0.1, 0.15) is 5.75 Å². The molecule has 1 aromatic carbocycles. The molecule has 1 atom stereocenters. The summed E-state index contributed by atoms with van der Waals surface area (Å²) in [6.45, 7) is 4.88. The Morgan fingerprint density at radius 1 is 1.40 bits per heavy atom. The zero-order valence-electron chi connectivity index (χ0n) is 12.0. The lowest BCUT2D eigenvalue weighted by molar-refractivity contribution is 0.414. The molecule has 0 aliphatic rings. The van der Waals surface area contributed by atoms with Gasteiger partial charge in [0.05, 0.1) is 24.1 Å². The van der Waals surface area contributed by atoms with E-state index in [1.807, 2.05) is 29.0 Å². The normalized spacial score (nSPS) is 12.7. The molecule has 2 rings (SSSR count). The van der Waals surface area contributed by atoms with Crippen molar-refractivity contribution in [3.8, 4) is 11.4 Å². The second-order valence-corrected chi connectivity index (χ2v) is 5.50. The van der Waals surface area contributed by atoms with E-state index in [2.05, 4.69) is 18.8 Å². The first-order valence-electron chi connectivity index (χ1n) is 6.64. The van der Waals surface area contributed by atoms with Crippen LogP contribution in [0.4, 0.5) is 0 Å². The van der Waals surface area contributed by atoms with Gasteiger partial charge in [0.25, 0.3) is 0 Å². The smallest absolute Gasteiger partial charge is 0.121 e. The Balaban J connectivity index is 2.51. The third-order valence-corrected chi connectivity index (χ3v) is 3.84. The van der Waals surface area contributed by atoms with E-state index in [1.165, 1.54) is 0 Å². The summed E-state index contributed by atoms with van der Waals surface area (Å²) in [5, 5.41) is 0.657. The standard InChI is InChI=1S/C15H20ClN3O/c1-10(2)12(7-17)15-8-18-9-19(15)14-6-11(20-3)4-5-13(14)16/h4-6,8-10,12H,7,17H2,1-3H3. The summed E-state index contributed by atoms with van der Waals surface area (Å²) in [6, 6.07) is 5.57. The number of methoxy groups -OCH3 is 1. The highest BCUT2D eigenvalue weighted by atomic mass is 35.5. The highest BCUT2D eigenvalue weighted by Crippen LogP contribution is 2.30. The van der Waals surface area contributed by atoms with Gasteiger partial charge >= 0.3 is 0 Å². The van der Waals surface area contributed by atoms with E-state index in [0.717, 1.165) is 17.1 Å². The van der Waals surface area contributed by atoms with E-state index >= 15 is 0 Å². The molecular weight excluding hydrogens is 274 g/mol. The van der Waals surface area contributed by atoms with Crippen LogP contribution >= 0.6 is 11.6 Å². The molecule has 0 amide bonds. The van der Waals surface area contributed by atoms with Crippen molar-refractivity contribution in [1.29, 1.82) is 0 Å². The number of nitrogens with two attached hydrogens (primary N) is 1. The fraction of sp³-hybridized carbons (Fsp3) is 0.400. The number of halogens is 1. The summed E-state index contributed by atoms with van der Waals surface area (Å²) < 4.78 is 7.25. The highest BCUT2D eigenvalue weighted by Gasteiger charge is 2.20. The molecule has 1 heterocycles. The van der Waals surface area contributed by atoms with Crippen LogP contribution in [0, 0.1) is 5.92 Å². The maximum absolute atomic E-state index is 6.31. The number of rotatable bonds is 5. The number of nitrogens with zero attached hydrogens (tertiary/aromatic N) is 2. The molecule has 0 aliphatic carbocycles. The molecule has 108 valence electrons. The van der Waals surface area contributed by atoms with Gasteiger partial charge in [-0.3, -0.25) is 0 Å². The van der Waals surface area contributed by atoms with Gasteiger partial charge in [-0.1, -0.05) is 25.4 Å². The van der Waals surface area contributed by atoms with E-state index in [0.29, 0.717) is 17.5 Å². The van der Waals surface area contributed by atoms with Crippen LogP contribution in [-0.4, -0.2) is 23.2 Å². The summed E-state index contributed by atoms with van der Waals surface area (Å²) in [6.07, 6.45) is 3.62. The van der Waals surface area contributed by atoms with Crippen LogP contribution in [0.25, 0.3) is 5.69 Å². The SMILES string of the molecule is COc1ccc(Cl)c(-n2cncc2C(CN)C(C)C)c1. The maximum atomic E-state index is 6.31. The van der Waals surface area contributed by atoms with Gasteiger partial charge in [-0.2, -0.15) is 0 Å². The molecule has 20 heavy (non-hydrogen) atoms. The Hall–Kier alpha value is -1.52. The number of hydrogen-bond donors (Lipinski definition) is 1. The third-order valence-electron chi connectivity index (χ3n) is 3.52. The molecule has 0 fully saturated rings. The average molecular weight is 294 g/mol. The van der Waals surface area contributed by atoms with E-state index in [4.69, 9.17) is 22.1 Å². The first-order chi connectivity index (χ1) is 9.58. The second kappa shape index (κ2) is 6.29. The number of imidazole rings is 1. The topological polar surface area (TPSA) is 53.1 Å². The first kappa shape index (κ1) is 14.9. The van der Waals surface area contributed by atoms with Crippen molar-refractivity contribution < 1.29 is 4.74 Å². The number of ether oxygens (including phenoxy) is 1.